The fourth-order valence-electron chi connectivity index (χ4n) is 3.58. The van der Waals surface area contributed by atoms with Crippen LogP contribution in [0.4, 0.5) is 0 Å². The zero-order valence-electron chi connectivity index (χ0n) is 18.0. The molecule has 0 aliphatic carbocycles. The predicted octanol–water partition coefficient (Wildman–Crippen LogP) is 3.41. The van der Waals surface area contributed by atoms with Crippen molar-refractivity contribution in [3.8, 4) is 11.5 Å². The first-order valence-electron chi connectivity index (χ1n) is 10.7. The number of aliphatic hydroxyl groups is 3. The summed E-state index contributed by atoms with van der Waals surface area (Å²) in [7, 11) is 0. The van der Waals surface area contributed by atoms with Crippen molar-refractivity contribution >= 4 is 0 Å². The molecule has 0 saturated carbocycles. The Hall–Kier alpha value is -2.12. The molecule has 0 unspecified atom stereocenters. The predicted molar refractivity (Wildman–Crippen MR) is 117 cm³/mol. The summed E-state index contributed by atoms with van der Waals surface area (Å²) >= 11 is 0. The zero-order valence-corrected chi connectivity index (χ0v) is 18.0. The zero-order chi connectivity index (χ0) is 22.1. The molecule has 166 valence electrons. The van der Waals surface area contributed by atoms with E-state index >= 15 is 0 Å². The van der Waals surface area contributed by atoms with Gasteiger partial charge in [0.2, 0.25) is 0 Å². The fourth-order valence-corrected chi connectivity index (χ4v) is 3.58. The molecule has 0 aliphatic heterocycles. The molecule has 0 fully saturated rings. The van der Waals surface area contributed by atoms with Gasteiger partial charge in [-0.05, 0) is 60.3 Å². The lowest BCUT2D eigenvalue weighted by atomic mass is 10.0. The van der Waals surface area contributed by atoms with Crippen LogP contribution in [0.3, 0.4) is 0 Å². The summed E-state index contributed by atoms with van der Waals surface area (Å²) in [6.45, 7) is 5.22. The number of phenols is 2. The van der Waals surface area contributed by atoms with Crippen molar-refractivity contribution < 1.29 is 25.5 Å². The molecule has 0 spiro atoms. The van der Waals surface area contributed by atoms with Crippen LogP contribution in [0.1, 0.15) is 67.6 Å². The molecule has 0 amide bonds. The van der Waals surface area contributed by atoms with Crippen LogP contribution in [-0.4, -0.2) is 50.1 Å². The highest BCUT2D eigenvalue weighted by Crippen LogP contribution is 2.26. The minimum Gasteiger partial charge on any atom is -0.508 e. The van der Waals surface area contributed by atoms with Gasteiger partial charge in [-0.15, -0.1) is 0 Å². The highest BCUT2D eigenvalue weighted by Gasteiger charge is 2.19. The van der Waals surface area contributed by atoms with Crippen molar-refractivity contribution in [2.45, 2.75) is 58.3 Å². The molecule has 0 aromatic heterocycles. The summed E-state index contributed by atoms with van der Waals surface area (Å²) in [5, 5.41) is 50.5. The molecular formula is C24H35NO5. The SMILES string of the molecule is CCCCCN(C[C@H](O)c1ccc(O)c(CC)c1)C[C@H](O)c1ccc(O)c(CO)c1. The van der Waals surface area contributed by atoms with Crippen LogP contribution in [0.25, 0.3) is 0 Å². The Morgan fingerprint density at radius 2 is 1.33 bits per heavy atom. The molecule has 2 rings (SSSR count). The Morgan fingerprint density at radius 1 is 0.800 bits per heavy atom. The molecule has 30 heavy (non-hydrogen) atoms. The molecule has 2 aromatic rings. The smallest absolute Gasteiger partial charge is 0.121 e. The van der Waals surface area contributed by atoms with Crippen LogP contribution < -0.4 is 0 Å². The summed E-state index contributed by atoms with van der Waals surface area (Å²) in [5.41, 5.74) is 2.53. The van der Waals surface area contributed by atoms with Gasteiger partial charge in [0.25, 0.3) is 0 Å². The van der Waals surface area contributed by atoms with Gasteiger partial charge in [-0.3, -0.25) is 4.90 Å². The maximum Gasteiger partial charge on any atom is 0.121 e. The largest absolute Gasteiger partial charge is 0.508 e. The van der Waals surface area contributed by atoms with Crippen molar-refractivity contribution in [1.29, 1.82) is 0 Å². The second kappa shape index (κ2) is 11.9. The minimum absolute atomic E-state index is 0.00253. The van der Waals surface area contributed by atoms with Gasteiger partial charge in [-0.1, -0.05) is 38.8 Å². The molecular weight excluding hydrogens is 382 g/mol. The standard InChI is InChI=1S/C24H35NO5/c1-3-5-6-11-25(14-23(29)18-7-9-21(27)17(4-2)12-18)15-24(30)19-8-10-22(28)20(13-19)16-26/h7-10,12-13,23-24,26-30H,3-6,11,14-16H2,1-2H3/t23-,24-/m0/s1. The van der Waals surface area contributed by atoms with E-state index in [0.717, 1.165) is 36.9 Å². The van der Waals surface area contributed by atoms with E-state index in [1.54, 1.807) is 24.3 Å². The lowest BCUT2D eigenvalue weighted by Gasteiger charge is -2.28. The maximum atomic E-state index is 10.8. The number of hydrogen-bond acceptors (Lipinski definition) is 6. The fraction of sp³-hybridized carbons (Fsp3) is 0.500. The van der Waals surface area contributed by atoms with Crippen LogP contribution in [0.5, 0.6) is 11.5 Å². The summed E-state index contributed by atoms with van der Waals surface area (Å²) in [4.78, 5) is 2.04. The Labute approximate surface area is 179 Å². The van der Waals surface area contributed by atoms with E-state index in [1.165, 1.54) is 6.07 Å². The number of nitrogens with zero attached hydrogens (tertiary/aromatic N) is 1. The van der Waals surface area contributed by atoms with Crippen molar-refractivity contribution in [3.05, 3.63) is 58.7 Å². The Balaban J connectivity index is 2.12. The van der Waals surface area contributed by atoms with Gasteiger partial charge >= 0.3 is 0 Å². The van der Waals surface area contributed by atoms with Crippen molar-refractivity contribution in [3.63, 3.8) is 0 Å². The van der Waals surface area contributed by atoms with E-state index in [0.29, 0.717) is 30.6 Å². The lowest BCUT2D eigenvalue weighted by molar-refractivity contribution is 0.0677. The van der Waals surface area contributed by atoms with Gasteiger partial charge in [0.05, 0.1) is 18.8 Å². The molecule has 0 bridgehead atoms. The van der Waals surface area contributed by atoms with E-state index in [1.807, 2.05) is 17.9 Å². The van der Waals surface area contributed by atoms with E-state index in [9.17, 15) is 25.5 Å². The lowest BCUT2D eigenvalue weighted by Crippen LogP contribution is -2.33. The summed E-state index contributed by atoms with van der Waals surface area (Å²) in [5.74, 6) is 0.235. The van der Waals surface area contributed by atoms with Crippen molar-refractivity contribution in [2.24, 2.45) is 0 Å². The molecule has 2 aromatic carbocycles. The first kappa shape index (κ1) is 24.2. The maximum absolute atomic E-state index is 10.8. The third-order valence-corrected chi connectivity index (χ3v) is 5.47. The Morgan fingerprint density at radius 3 is 1.83 bits per heavy atom. The summed E-state index contributed by atoms with van der Waals surface area (Å²) < 4.78 is 0. The first-order valence-corrected chi connectivity index (χ1v) is 10.7. The highest BCUT2D eigenvalue weighted by molar-refractivity contribution is 5.37. The molecule has 2 atom stereocenters. The van der Waals surface area contributed by atoms with Crippen LogP contribution in [0, 0.1) is 0 Å². The van der Waals surface area contributed by atoms with Crippen LogP contribution in [0.15, 0.2) is 36.4 Å². The van der Waals surface area contributed by atoms with Gasteiger partial charge in [0.1, 0.15) is 11.5 Å². The van der Waals surface area contributed by atoms with E-state index in [2.05, 4.69) is 6.92 Å². The normalized spacial score (nSPS) is 13.5. The number of rotatable bonds is 12. The number of benzene rings is 2. The molecule has 6 heteroatoms. The number of aliphatic hydroxyl groups excluding tert-OH is 3. The van der Waals surface area contributed by atoms with Crippen LogP contribution in [0.2, 0.25) is 0 Å². The average molecular weight is 418 g/mol. The number of aromatic hydroxyl groups is 2. The Kier molecular flexibility index (Phi) is 9.59. The molecule has 5 N–H and O–H groups in total. The monoisotopic (exact) mass is 417 g/mol. The number of hydrogen-bond donors (Lipinski definition) is 5. The topological polar surface area (TPSA) is 104 Å². The second-order valence-corrected chi connectivity index (χ2v) is 7.79. The van der Waals surface area contributed by atoms with Gasteiger partial charge < -0.3 is 25.5 Å². The van der Waals surface area contributed by atoms with Crippen LogP contribution in [-0.2, 0) is 13.0 Å². The van der Waals surface area contributed by atoms with E-state index in [4.69, 9.17) is 0 Å². The van der Waals surface area contributed by atoms with Crippen molar-refractivity contribution in [1.82, 2.24) is 4.90 Å². The van der Waals surface area contributed by atoms with E-state index in [-0.39, 0.29) is 18.1 Å². The van der Waals surface area contributed by atoms with Crippen molar-refractivity contribution in [2.75, 3.05) is 19.6 Å². The van der Waals surface area contributed by atoms with E-state index < -0.39 is 12.2 Å². The molecule has 0 radical (unpaired) electrons. The van der Waals surface area contributed by atoms with Gasteiger partial charge in [0, 0.05) is 18.7 Å². The third-order valence-electron chi connectivity index (χ3n) is 5.47. The van der Waals surface area contributed by atoms with Gasteiger partial charge in [0.15, 0.2) is 0 Å². The quantitative estimate of drug-likeness (QED) is 0.339. The second-order valence-electron chi connectivity index (χ2n) is 7.79. The third kappa shape index (κ3) is 6.71. The van der Waals surface area contributed by atoms with Crippen LogP contribution >= 0.6 is 0 Å². The average Bonchev–Trinajstić information content (AvgIpc) is 2.74. The summed E-state index contributed by atoms with van der Waals surface area (Å²) in [6, 6.07) is 9.90. The molecule has 0 heterocycles. The Bertz CT molecular complexity index is 734. The number of phenolic OH excluding ortho intramolecular Hbond substituents is 1. The first-order chi connectivity index (χ1) is 14.4. The summed E-state index contributed by atoms with van der Waals surface area (Å²) in [6.07, 6.45) is 2.24. The minimum atomic E-state index is -0.809. The molecule has 0 aliphatic rings. The highest BCUT2D eigenvalue weighted by atomic mass is 16.3. The molecule has 0 saturated heterocycles. The van der Waals surface area contributed by atoms with Gasteiger partial charge in [-0.25, -0.2) is 0 Å². The molecule has 6 nitrogen and oxygen atoms in total. The van der Waals surface area contributed by atoms with Gasteiger partial charge in [-0.2, -0.15) is 0 Å². The number of unbranched alkanes of at least 4 members (excludes halogenated alkanes) is 2. The number of aryl methyl sites for hydroxylation is 1.